The average molecular weight is 569 g/mol. The SMILES string of the molecule is Cc1ccc(S(=O)(=O)n2cc(-c3ncc(F)c(NN4[C@H](C(=O)O)C[C@@H]5CCCC[C@@H]54)n3)c3cc(F)cnc32)cc1. The number of nitrogens with zero attached hydrogens (tertiary/aromatic N) is 5. The van der Waals surface area contributed by atoms with Crippen molar-refractivity contribution in [1.29, 1.82) is 0 Å². The van der Waals surface area contributed by atoms with Crippen LogP contribution in [0.2, 0.25) is 0 Å². The molecule has 0 unspecified atom stereocenters. The molecule has 40 heavy (non-hydrogen) atoms. The number of aryl methyl sites for hydroxylation is 1. The van der Waals surface area contributed by atoms with Crippen molar-refractivity contribution < 1.29 is 27.1 Å². The normalized spacial score (nSPS) is 21.4. The Morgan fingerprint density at radius 1 is 1.10 bits per heavy atom. The summed E-state index contributed by atoms with van der Waals surface area (Å²) >= 11 is 0. The molecule has 0 amide bonds. The summed E-state index contributed by atoms with van der Waals surface area (Å²) in [5, 5.41) is 11.5. The van der Waals surface area contributed by atoms with Crippen molar-refractivity contribution in [2.45, 2.75) is 56.0 Å². The molecule has 3 atom stereocenters. The molecule has 3 aromatic heterocycles. The van der Waals surface area contributed by atoms with Gasteiger partial charge >= 0.3 is 5.97 Å². The van der Waals surface area contributed by atoms with Gasteiger partial charge in [0.05, 0.1) is 17.3 Å². The predicted molar refractivity (Wildman–Crippen MR) is 142 cm³/mol. The lowest BCUT2D eigenvalue weighted by molar-refractivity contribution is -0.142. The Bertz CT molecular complexity index is 1730. The summed E-state index contributed by atoms with van der Waals surface area (Å²) < 4.78 is 57.3. The monoisotopic (exact) mass is 568 g/mol. The quantitative estimate of drug-likeness (QED) is 0.348. The van der Waals surface area contributed by atoms with E-state index in [0.29, 0.717) is 6.42 Å². The number of pyridine rings is 1. The van der Waals surface area contributed by atoms with Gasteiger partial charge in [0.25, 0.3) is 10.0 Å². The highest BCUT2D eigenvalue weighted by atomic mass is 32.2. The Kier molecular flexibility index (Phi) is 6.50. The Hall–Kier alpha value is -3.97. The van der Waals surface area contributed by atoms with Gasteiger partial charge in [-0.15, -0.1) is 0 Å². The van der Waals surface area contributed by atoms with E-state index in [0.717, 1.165) is 53.7 Å². The first-order valence-electron chi connectivity index (χ1n) is 12.9. The van der Waals surface area contributed by atoms with Gasteiger partial charge in [-0.2, -0.15) is 0 Å². The van der Waals surface area contributed by atoms with E-state index in [4.69, 9.17) is 0 Å². The van der Waals surface area contributed by atoms with Gasteiger partial charge in [0.2, 0.25) is 0 Å². The molecule has 1 aliphatic heterocycles. The number of fused-ring (bicyclic) bond motifs is 2. The molecule has 1 aliphatic carbocycles. The second-order valence-electron chi connectivity index (χ2n) is 10.3. The molecule has 2 N–H and O–H groups in total. The van der Waals surface area contributed by atoms with Gasteiger partial charge < -0.3 is 5.11 Å². The van der Waals surface area contributed by atoms with Gasteiger partial charge in [-0.25, -0.2) is 41.1 Å². The van der Waals surface area contributed by atoms with E-state index in [1.54, 1.807) is 17.1 Å². The third-order valence-electron chi connectivity index (χ3n) is 7.75. The molecule has 0 bridgehead atoms. The Balaban J connectivity index is 1.43. The number of aliphatic carboxylic acids is 1. The molecule has 4 aromatic rings. The third-order valence-corrected chi connectivity index (χ3v) is 9.41. The number of hydrazine groups is 1. The molecule has 1 aromatic carbocycles. The standard InChI is InChI=1S/C27H26F2N6O4S/c1-15-6-8-18(9-7-15)40(38,39)34-14-20(19-11-17(28)12-31-26(19)34)24-30-13-21(29)25(32-24)33-35-22-5-3-2-4-16(22)10-23(35)27(36)37/h6-9,11-14,16,22-23H,2-5,10H2,1H3,(H,36,37)(H,30,32,33)/t16-,22-,23-/m0/s1. The van der Waals surface area contributed by atoms with Gasteiger partial charge in [0.1, 0.15) is 11.9 Å². The smallest absolute Gasteiger partial charge is 0.322 e. The van der Waals surface area contributed by atoms with Crippen molar-refractivity contribution >= 4 is 32.8 Å². The van der Waals surface area contributed by atoms with Gasteiger partial charge in [-0.1, -0.05) is 30.5 Å². The molecule has 208 valence electrons. The first-order valence-corrected chi connectivity index (χ1v) is 14.4. The first-order chi connectivity index (χ1) is 19.1. The summed E-state index contributed by atoms with van der Waals surface area (Å²) in [7, 11) is -4.14. The molecule has 0 radical (unpaired) electrons. The summed E-state index contributed by atoms with van der Waals surface area (Å²) in [4.78, 5) is 24.4. The van der Waals surface area contributed by atoms with E-state index in [1.807, 2.05) is 6.92 Å². The minimum atomic E-state index is -4.14. The number of anilines is 1. The number of halogens is 2. The highest BCUT2D eigenvalue weighted by molar-refractivity contribution is 7.90. The van der Waals surface area contributed by atoms with E-state index in [2.05, 4.69) is 20.4 Å². The van der Waals surface area contributed by atoms with Crippen LogP contribution in [0.25, 0.3) is 22.4 Å². The third kappa shape index (κ3) is 4.48. The van der Waals surface area contributed by atoms with Crippen LogP contribution in [0.3, 0.4) is 0 Å². The second kappa shape index (κ2) is 9.89. The maximum absolute atomic E-state index is 15.0. The number of rotatable bonds is 6. The van der Waals surface area contributed by atoms with Crippen LogP contribution in [-0.2, 0) is 14.8 Å². The van der Waals surface area contributed by atoms with Crippen molar-refractivity contribution in [3.63, 3.8) is 0 Å². The average Bonchev–Trinajstić information content (AvgIpc) is 3.49. The second-order valence-corrected chi connectivity index (χ2v) is 12.1. The lowest BCUT2D eigenvalue weighted by Crippen LogP contribution is -2.46. The van der Waals surface area contributed by atoms with E-state index >= 15 is 0 Å². The largest absolute Gasteiger partial charge is 0.480 e. The summed E-state index contributed by atoms with van der Waals surface area (Å²) in [6, 6.07) is 6.41. The fraction of sp³-hybridized carbons (Fsp3) is 0.333. The predicted octanol–water partition coefficient (Wildman–Crippen LogP) is 4.36. The summed E-state index contributed by atoms with van der Waals surface area (Å²) in [6.07, 6.45) is 7.14. The molecule has 6 rings (SSSR count). The molecule has 13 heteroatoms. The van der Waals surface area contributed by atoms with Crippen molar-refractivity contribution in [1.82, 2.24) is 23.9 Å². The molecule has 4 heterocycles. The van der Waals surface area contributed by atoms with E-state index < -0.39 is 33.7 Å². The minimum absolute atomic E-state index is 0.00540. The van der Waals surface area contributed by atoms with Crippen molar-refractivity contribution in [2.24, 2.45) is 5.92 Å². The number of hydrogen-bond donors (Lipinski definition) is 2. The van der Waals surface area contributed by atoms with E-state index in [-0.39, 0.29) is 45.1 Å². The number of hydrogen-bond acceptors (Lipinski definition) is 8. The number of carboxylic acid groups (broad SMARTS) is 1. The fourth-order valence-electron chi connectivity index (χ4n) is 5.78. The summed E-state index contributed by atoms with van der Waals surface area (Å²) in [5.41, 5.74) is 3.84. The zero-order valence-electron chi connectivity index (χ0n) is 21.5. The zero-order valence-corrected chi connectivity index (χ0v) is 22.3. The number of aromatic nitrogens is 4. The Labute approximate surface area is 228 Å². The molecular weight excluding hydrogens is 542 g/mol. The Morgan fingerprint density at radius 3 is 2.60 bits per heavy atom. The number of carboxylic acids is 1. The molecule has 2 aliphatic rings. The molecule has 1 saturated carbocycles. The molecule has 2 fully saturated rings. The molecule has 10 nitrogen and oxygen atoms in total. The summed E-state index contributed by atoms with van der Waals surface area (Å²) in [5.74, 6) is -2.69. The van der Waals surface area contributed by atoms with Crippen LogP contribution in [0.15, 0.2) is 53.8 Å². The number of benzene rings is 1. The summed E-state index contributed by atoms with van der Waals surface area (Å²) in [6.45, 7) is 1.83. The maximum Gasteiger partial charge on any atom is 0.322 e. The lowest BCUT2D eigenvalue weighted by atomic mass is 9.85. The highest BCUT2D eigenvalue weighted by Crippen LogP contribution is 2.40. The fourth-order valence-corrected chi connectivity index (χ4v) is 7.10. The van der Waals surface area contributed by atoms with Crippen LogP contribution < -0.4 is 5.43 Å². The van der Waals surface area contributed by atoms with E-state index in [9.17, 15) is 27.1 Å². The highest BCUT2D eigenvalue weighted by Gasteiger charge is 2.46. The van der Waals surface area contributed by atoms with Gasteiger partial charge in [0, 0.05) is 23.2 Å². The first kappa shape index (κ1) is 26.3. The van der Waals surface area contributed by atoms with Crippen LogP contribution >= 0.6 is 0 Å². The molecule has 1 saturated heterocycles. The Morgan fingerprint density at radius 2 is 1.85 bits per heavy atom. The number of carbonyl (C=O) groups is 1. The van der Waals surface area contributed by atoms with Gasteiger partial charge in [-0.3, -0.25) is 10.2 Å². The van der Waals surface area contributed by atoms with Crippen molar-refractivity contribution in [3.05, 3.63) is 66.1 Å². The van der Waals surface area contributed by atoms with Crippen LogP contribution in [-0.4, -0.2) is 55.5 Å². The van der Waals surface area contributed by atoms with Crippen LogP contribution in [0.4, 0.5) is 14.6 Å². The zero-order chi connectivity index (χ0) is 28.2. The van der Waals surface area contributed by atoms with Crippen LogP contribution in [0.5, 0.6) is 0 Å². The van der Waals surface area contributed by atoms with Gasteiger partial charge in [-0.05, 0) is 50.3 Å². The lowest BCUT2D eigenvalue weighted by Gasteiger charge is -2.33. The van der Waals surface area contributed by atoms with Crippen LogP contribution in [0, 0.1) is 24.5 Å². The van der Waals surface area contributed by atoms with E-state index in [1.165, 1.54) is 18.3 Å². The van der Waals surface area contributed by atoms with Crippen molar-refractivity contribution in [3.8, 4) is 11.4 Å². The van der Waals surface area contributed by atoms with Gasteiger partial charge in [0.15, 0.2) is 23.1 Å². The molecule has 0 spiro atoms. The minimum Gasteiger partial charge on any atom is -0.480 e. The molecular formula is C27H26F2N6O4S. The van der Waals surface area contributed by atoms with Crippen molar-refractivity contribution in [2.75, 3.05) is 5.43 Å². The maximum atomic E-state index is 15.0. The topological polar surface area (TPSA) is 130 Å². The number of nitrogens with one attached hydrogen (secondary N) is 1. The van der Waals surface area contributed by atoms with Crippen LogP contribution in [0.1, 0.15) is 37.7 Å².